The molecule has 3 rings (SSSR count). The minimum Gasteiger partial charge on any atom is -0.307 e. The second-order valence-corrected chi connectivity index (χ2v) is 5.48. The molecule has 1 aliphatic heterocycles. The number of amides is 1. The van der Waals surface area contributed by atoms with Gasteiger partial charge in [-0.1, -0.05) is 30.0 Å². The molecule has 0 unspecified atom stereocenters. The van der Waals surface area contributed by atoms with E-state index in [1.165, 1.54) is 11.8 Å². The average Bonchev–Trinajstić information content (AvgIpc) is 2.99. The van der Waals surface area contributed by atoms with Crippen molar-refractivity contribution >= 4 is 40.3 Å². The van der Waals surface area contributed by atoms with Gasteiger partial charge in [0.1, 0.15) is 4.32 Å². The van der Waals surface area contributed by atoms with Gasteiger partial charge in [-0.25, -0.2) is 9.67 Å². The molecular formula is C12H8N4OS2. The van der Waals surface area contributed by atoms with E-state index in [9.17, 15) is 4.79 Å². The molecule has 1 aliphatic rings. The van der Waals surface area contributed by atoms with E-state index in [-0.39, 0.29) is 5.91 Å². The van der Waals surface area contributed by atoms with Crippen LogP contribution in [0.25, 0.3) is 11.9 Å². The second-order valence-electron chi connectivity index (χ2n) is 3.76. The predicted octanol–water partition coefficient (Wildman–Crippen LogP) is 1.76. The maximum absolute atomic E-state index is 11.5. The third-order valence-corrected chi connectivity index (χ3v) is 3.59. The third kappa shape index (κ3) is 2.56. The van der Waals surface area contributed by atoms with Crippen LogP contribution in [-0.2, 0) is 4.79 Å². The van der Waals surface area contributed by atoms with Crippen molar-refractivity contribution in [1.29, 1.82) is 0 Å². The molecule has 1 amide bonds. The minimum absolute atomic E-state index is 0.166. The molecule has 19 heavy (non-hydrogen) atoms. The molecule has 5 nitrogen and oxygen atoms in total. The number of nitrogens with one attached hydrogen (secondary N) is 1. The van der Waals surface area contributed by atoms with Crippen molar-refractivity contribution in [3.63, 3.8) is 0 Å². The summed E-state index contributed by atoms with van der Waals surface area (Å²) in [4.78, 5) is 16.3. The molecular weight excluding hydrogens is 280 g/mol. The number of pyridine rings is 1. The van der Waals surface area contributed by atoms with Gasteiger partial charge in [-0.05, 0) is 18.2 Å². The lowest BCUT2D eigenvalue weighted by Crippen LogP contribution is -2.17. The number of carbonyl (C=O) groups excluding carboxylic acids is 1. The molecule has 0 atom stereocenters. The summed E-state index contributed by atoms with van der Waals surface area (Å²) in [5, 5.41) is 6.78. The molecule has 0 saturated carbocycles. The van der Waals surface area contributed by atoms with Crippen LogP contribution in [0.5, 0.6) is 0 Å². The van der Waals surface area contributed by atoms with Gasteiger partial charge in [0.05, 0.1) is 11.1 Å². The number of hydrogen-bond donors (Lipinski definition) is 1. The van der Waals surface area contributed by atoms with E-state index in [1.54, 1.807) is 23.2 Å². The van der Waals surface area contributed by atoms with Crippen molar-refractivity contribution in [3.05, 3.63) is 47.3 Å². The van der Waals surface area contributed by atoms with Crippen LogP contribution in [0.4, 0.5) is 0 Å². The van der Waals surface area contributed by atoms with E-state index in [2.05, 4.69) is 15.4 Å². The van der Waals surface area contributed by atoms with Crippen LogP contribution in [0.3, 0.4) is 0 Å². The Kier molecular flexibility index (Phi) is 3.14. The first-order valence-corrected chi connectivity index (χ1v) is 6.66. The van der Waals surface area contributed by atoms with Gasteiger partial charge in [-0.2, -0.15) is 5.10 Å². The highest BCUT2D eigenvalue weighted by atomic mass is 32.2. The molecule has 0 aromatic carbocycles. The zero-order chi connectivity index (χ0) is 13.2. The van der Waals surface area contributed by atoms with E-state index in [0.29, 0.717) is 9.23 Å². The maximum Gasteiger partial charge on any atom is 0.263 e. The fraction of sp³-hybridized carbons (Fsp3) is 0. The Bertz CT molecular complexity index is 678. The number of aromatic nitrogens is 3. The fourth-order valence-electron chi connectivity index (χ4n) is 1.60. The molecule has 1 fully saturated rings. The van der Waals surface area contributed by atoms with Crippen LogP contribution in [0.15, 0.2) is 41.7 Å². The molecule has 2 aromatic heterocycles. The monoisotopic (exact) mass is 288 g/mol. The molecule has 7 heteroatoms. The summed E-state index contributed by atoms with van der Waals surface area (Å²) in [6.45, 7) is 0. The summed E-state index contributed by atoms with van der Waals surface area (Å²) in [6.07, 6.45) is 6.95. The summed E-state index contributed by atoms with van der Waals surface area (Å²) < 4.78 is 2.13. The molecule has 1 N–H and O–H groups in total. The topological polar surface area (TPSA) is 59.8 Å². The lowest BCUT2D eigenvalue weighted by atomic mass is 10.3. The number of carbonyl (C=O) groups is 1. The average molecular weight is 288 g/mol. The van der Waals surface area contributed by atoms with E-state index in [1.807, 2.05) is 24.4 Å². The lowest BCUT2D eigenvalue weighted by molar-refractivity contribution is -0.115. The van der Waals surface area contributed by atoms with Crippen LogP contribution in [0.2, 0.25) is 0 Å². The summed E-state index contributed by atoms with van der Waals surface area (Å²) in [6, 6.07) is 5.59. The largest absolute Gasteiger partial charge is 0.307 e. The SMILES string of the molecule is O=C1NC(=S)S/C1=C\c1cnn(-c2ccccn2)c1. The Balaban J connectivity index is 1.89. The third-order valence-electron chi connectivity index (χ3n) is 2.43. The number of thioether (sulfide) groups is 1. The van der Waals surface area contributed by atoms with E-state index >= 15 is 0 Å². The summed E-state index contributed by atoms with van der Waals surface area (Å²) in [5.74, 6) is 0.562. The van der Waals surface area contributed by atoms with Gasteiger partial charge in [-0.15, -0.1) is 0 Å². The molecule has 1 saturated heterocycles. The highest BCUT2D eigenvalue weighted by Gasteiger charge is 2.22. The van der Waals surface area contributed by atoms with Crippen LogP contribution >= 0.6 is 24.0 Å². The predicted molar refractivity (Wildman–Crippen MR) is 77.7 cm³/mol. The highest BCUT2D eigenvalue weighted by molar-refractivity contribution is 8.26. The first kappa shape index (κ1) is 12.1. The summed E-state index contributed by atoms with van der Waals surface area (Å²) >= 11 is 6.18. The lowest BCUT2D eigenvalue weighted by Gasteiger charge is -1.97. The molecule has 0 spiro atoms. The first-order chi connectivity index (χ1) is 9.22. The Labute approximate surface area is 118 Å². The Morgan fingerprint density at radius 1 is 1.42 bits per heavy atom. The van der Waals surface area contributed by atoms with Gasteiger partial charge < -0.3 is 5.32 Å². The van der Waals surface area contributed by atoms with Crippen molar-refractivity contribution in [2.75, 3.05) is 0 Å². The van der Waals surface area contributed by atoms with Crippen LogP contribution in [0.1, 0.15) is 5.56 Å². The van der Waals surface area contributed by atoms with Crippen LogP contribution in [0, 0.1) is 0 Å². The molecule has 2 aromatic rings. The zero-order valence-corrected chi connectivity index (χ0v) is 11.2. The van der Waals surface area contributed by atoms with Gasteiger partial charge in [-0.3, -0.25) is 4.79 Å². The van der Waals surface area contributed by atoms with Gasteiger partial charge in [0.25, 0.3) is 5.91 Å². The van der Waals surface area contributed by atoms with Crippen molar-refractivity contribution in [3.8, 4) is 5.82 Å². The van der Waals surface area contributed by atoms with Crippen LogP contribution < -0.4 is 5.32 Å². The molecule has 0 bridgehead atoms. The normalized spacial score (nSPS) is 16.9. The number of thiocarbonyl (C=S) groups is 1. The quantitative estimate of drug-likeness (QED) is 0.674. The van der Waals surface area contributed by atoms with Gasteiger partial charge in [0.2, 0.25) is 0 Å². The van der Waals surface area contributed by atoms with Crippen molar-refractivity contribution in [1.82, 2.24) is 20.1 Å². The van der Waals surface area contributed by atoms with Crippen LogP contribution in [-0.4, -0.2) is 25.0 Å². The van der Waals surface area contributed by atoms with Crippen molar-refractivity contribution < 1.29 is 4.79 Å². The molecule has 94 valence electrons. The van der Waals surface area contributed by atoms with E-state index in [4.69, 9.17) is 12.2 Å². The Hall–Kier alpha value is -1.99. The van der Waals surface area contributed by atoms with E-state index < -0.39 is 0 Å². The molecule has 0 radical (unpaired) electrons. The second kappa shape index (κ2) is 4.94. The van der Waals surface area contributed by atoms with E-state index in [0.717, 1.165) is 11.4 Å². The minimum atomic E-state index is -0.166. The van der Waals surface area contributed by atoms with Crippen molar-refractivity contribution in [2.45, 2.75) is 0 Å². The highest BCUT2D eigenvalue weighted by Crippen LogP contribution is 2.25. The number of nitrogens with zero attached hydrogens (tertiary/aromatic N) is 3. The smallest absolute Gasteiger partial charge is 0.263 e. The first-order valence-electron chi connectivity index (χ1n) is 5.43. The summed E-state index contributed by atoms with van der Waals surface area (Å²) in [5.41, 5.74) is 0.827. The Morgan fingerprint density at radius 3 is 3.00 bits per heavy atom. The fourth-order valence-corrected chi connectivity index (χ4v) is 2.64. The number of hydrogen-bond acceptors (Lipinski definition) is 5. The number of rotatable bonds is 2. The standard InChI is InChI=1S/C12H8N4OS2/c17-11-9(19-12(18)15-11)5-8-6-14-16(7-8)10-3-1-2-4-13-10/h1-7H,(H,15,17,18)/b9-5-. The molecule has 3 heterocycles. The van der Waals surface area contributed by atoms with Gasteiger partial charge in [0, 0.05) is 18.0 Å². The van der Waals surface area contributed by atoms with Gasteiger partial charge >= 0.3 is 0 Å². The van der Waals surface area contributed by atoms with Gasteiger partial charge in [0.15, 0.2) is 5.82 Å². The Morgan fingerprint density at radius 2 is 2.32 bits per heavy atom. The summed E-state index contributed by atoms with van der Waals surface area (Å²) in [7, 11) is 0. The zero-order valence-electron chi connectivity index (χ0n) is 9.61. The molecule has 0 aliphatic carbocycles. The maximum atomic E-state index is 11.5. The van der Waals surface area contributed by atoms with Crippen molar-refractivity contribution in [2.24, 2.45) is 0 Å².